The molecular weight excluding hydrogens is 213 g/mol. The Labute approximate surface area is 80.5 Å². The fraction of sp³-hybridized carbons (Fsp3) is 0.143. The first kappa shape index (κ1) is 10.5. The highest BCUT2D eigenvalue weighted by molar-refractivity contribution is 7.50. The molecular formula is C7H9ClNO3P. The first-order chi connectivity index (χ1) is 5.88. The lowest BCUT2D eigenvalue weighted by Gasteiger charge is -2.05. The lowest BCUT2D eigenvalue weighted by molar-refractivity contribution is 0.372. The maximum Gasteiger partial charge on any atom is 0.329 e. The molecule has 0 saturated heterocycles. The van der Waals surface area contributed by atoms with Crippen LogP contribution in [0, 0.1) is 0 Å². The second-order valence-corrected chi connectivity index (χ2v) is 4.73. The normalized spacial score (nSPS) is 11.6. The Balaban J connectivity index is 2.92. The molecule has 0 saturated carbocycles. The number of nitrogen functional groups attached to an aromatic ring is 1. The molecule has 13 heavy (non-hydrogen) atoms. The van der Waals surface area contributed by atoms with Crippen LogP contribution < -0.4 is 5.73 Å². The molecule has 0 bridgehead atoms. The molecule has 0 aromatic heterocycles. The van der Waals surface area contributed by atoms with E-state index in [0.29, 0.717) is 16.3 Å². The van der Waals surface area contributed by atoms with Crippen molar-refractivity contribution in [3.63, 3.8) is 0 Å². The third kappa shape index (κ3) is 3.36. The third-order valence-electron chi connectivity index (χ3n) is 1.45. The molecule has 0 heterocycles. The number of nitrogens with two attached hydrogens (primary N) is 1. The molecule has 4 nitrogen and oxygen atoms in total. The molecule has 6 heteroatoms. The quantitative estimate of drug-likeness (QED) is 0.523. The molecule has 72 valence electrons. The minimum Gasteiger partial charge on any atom is -0.398 e. The van der Waals surface area contributed by atoms with Crippen LogP contribution >= 0.6 is 19.2 Å². The van der Waals surface area contributed by atoms with Gasteiger partial charge in [-0.3, -0.25) is 4.57 Å². The van der Waals surface area contributed by atoms with E-state index in [2.05, 4.69) is 0 Å². The van der Waals surface area contributed by atoms with E-state index in [0.717, 1.165) is 0 Å². The van der Waals surface area contributed by atoms with Crippen LogP contribution in [0.3, 0.4) is 0 Å². The molecule has 0 aliphatic carbocycles. The van der Waals surface area contributed by atoms with Crippen LogP contribution in [-0.4, -0.2) is 9.79 Å². The molecule has 0 radical (unpaired) electrons. The van der Waals surface area contributed by atoms with Crippen molar-refractivity contribution in [3.8, 4) is 0 Å². The molecule has 0 unspecified atom stereocenters. The summed E-state index contributed by atoms with van der Waals surface area (Å²) >= 11 is 5.66. The summed E-state index contributed by atoms with van der Waals surface area (Å²) in [4.78, 5) is 17.3. The van der Waals surface area contributed by atoms with Crippen molar-refractivity contribution in [2.45, 2.75) is 6.16 Å². The van der Waals surface area contributed by atoms with Crippen LogP contribution in [0.4, 0.5) is 5.69 Å². The highest BCUT2D eigenvalue weighted by Crippen LogP contribution is 2.39. The van der Waals surface area contributed by atoms with Crippen LogP contribution in [0.15, 0.2) is 18.2 Å². The van der Waals surface area contributed by atoms with Gasteiger partial charge in [-0.05, 0) is 17.7 Å². The molecule has 0 aliphatic rings. The van der Waals surface area contributed by atoms with Crippen molar-refractivity contribution in [1.29, 1.82) is 0 Å². The van der Waals surface area contributed by atoms with E-state index in [1.54, 1.807) is 6.07 Å². The monoisotopic (exact) mass is 221 g/mol. The van der Waals surface area contributed by atoms with Gasteiger partial charge in [-0.2, -0.15) is 0 Å². The second-order valence-electron chi connectivity index (χ2n) is 2.68. The zero-order chi connectivity index (χ0) is 10.1. The number of hydrogen-bond donors (Lipinski definition) is 3. The predicted octanol–water partition coefficient (Wildman–Crippen LogP) is 1.60. The molecule has 4 N–H and O–H groups in total. The molecule has 0 aliphatic heterocycles. The highest BCUT2D eigenvalue weighted by atomic mass is 35.5. The van der Waals surface area contributed by atoms with Gasteiger partial charge < -0.3 is 15.5 Å². The van der Waals surface area contributed by atoms with Crippen LogP contribution in [0.2, 0.25) is 5.02 Å². The number of benzene rings is 1. The zero-order valence-corrected chi connectivity index (χ0v) is 8.29. The summed E-state index contributed by atoms with van der Waals surface area (Å²) in [5, 5.41) is 0.311. The van der Waals surface area contributed by atoms with Gasteiger partial charge in [0.1, 0.15) is 0 Å². The van der Waals surface area contributed by atoms with Gasteiger partial charge in [0.05, 0.1) is 16.9 Å². The summed E-state index contributed by atoms with van der Waals surface area (Å²) in [6.45, 7) is 0. The Kier molecular flexibility index (Phi) is 2.98. The number of rotatable bonds is 2. The lowest BCUT2D eigenvalue weighted by atomic mass is 10.2. The molecule has 0 spiro atoms. The van der Waals surface area contributed by atoms with Gasteiger partial charge in [0.25, 0.3) is 0 Å². The van der Waals surface area contributed by atoms with Crippen molar-refractivity contribution < 1.29 is 14.4 Å². The molecule has 1 rings (SSSR count). The molecule has 1 aromatic rings. The fourth-order valence-electron chi connectivity index (χ4n) is 0.907. The van der Waals surface area contributed by atoms with Gasteiger partial charge in [0, 0.05) is 0 Å². The fourth-order valence-corrected chi connectivity index (χ4v) is 1.78. The SMILES string of the molecule is Nc1ccc(CP(=O)(O)O)cc1Cl. The maximum atomic E-state index is 10.6. The van der Waals surface area contributed by atoms with Crippen LogP contribution in [0.5, 0.6) is 0 Å². The van der Waals surface area contributed by atoms with E-state index in [1.807, 2.05) is 0 Å². The van der Waals surface area contributed by atoms with Crippen molar-refractivity contribution in [2.75, 3.05) is 5.73 Å². The van der Waals surface area contributed by atoms with Crippen molar-refractivity contribution in [3.05, 3.63) is 28.8 Å². The lowest BCUT2D eigenvalue weighted by Crippen LogP contribution is -1.90. The van der Waals surface area contributed by atoms with Gasteiger partial charge in [0.2, 0.25) is 0 Å². The summed E-state index contributed by atoms with van der Waals surface area (Å²) in [6, 6.07) is 4.52. The van der Waals surface area contributed by atoms with Crippen LogP contribution in [0.1, 0.15) is 5.56 Å². The Hall–Kier alpha value is -0.540. The van der Waals surface area contributed by atoms with Crippen molar-refractivity contribution in [1.82, 2.24) is 0 Å². The Morgan fingerprint density at radius 2 is 2.08 bits per heavy atom. The van der Waals surface area contributed by atoms with Gasteiger partial charge in [-0.15, -0.1) is 0 Å². The average Bonchev–Trinajstić information content (AvgIpc) is 1.94. The Bertz CT molecular complexity index is 363. The van der Waals surface area contributed by atoms with E-state index in [1.165, 1.54) is 12.1 Å². The first-order valence-electron chi connectivity index (χ1n) is 3.47. The van der Waals surface area contributed by atoms with Crippen LogP contribution in [-0.2, 0) is 10.7 Å². The standard InChI is InChI=1S/C7H9ClNO3P/c8-6-3-5(1-2-7(6)9)4-13(10,11)12/h1-3H,4,9H2,(H2,10,11,12). The highest BCUT2D eigenvalue weighted by Gasteiger charge is 2.14. The van der Waals surface area contributed by atoms with E-state index in [4.69, 9.17) is 27.1 Å². The van der Waals surface area contributed by atoms with Crippen molar-refractivity contribution in [2.24, 2.45) is 0 Å². The minimum atomic E-state index is -4.02. The third-order valence-corrected chi connectivity index (χ3v) is 2.56. The van der Waals surface area contributed by atoms with Crippen molar-refractivity contribution >= 4 is 24.9 Å². The minimum absolute atomic E-state index is 0.311. The van der Waals surface area contributed by atoms with Gasteiger partial charge in [0.15, 0.2) is 0 Å². The zero-order valence-electron chi connectivity index (χ0n) is 6.64. The number of halogens is 1. The van der Waals surface area contributed by atoms with Gasteiger partial charge >= 0.3 is 7.60 Å². The van der Waals surface area contributed by atoms with Gasteiger partial charge in [-0.1, -0.05) is 17.7 Å². The Morgan fingerprint density at radius 3 is 2.54 bits per heavy atom. The second kappa shape index (κ2) is 3.68. The largest absolute Gasteiger partial charge is 0.398 e. The summed E-state index contributed by atoms with van der Waals surface area (Å²) < 4.78 is 10.6. The summed E-state index contributed by atoms with van der Waals surface area (Å²) in [6.07, 6.45) is -0.312. The first-order valence-corrected chi connectivity index (χ1v) is 5.64. The molecule has 0 amide bonds. The number of hydrogen-bond acceptors (Lipinski definition) is 2. The topological polar surface area (TPSA) is 83.6 Å². The van der Waals surface area contributed by atoms with Gasteiger partial charge in [-0.25, -0.2) is 0 Å². The molecule has 0 atom stereocenters. The van der Waals surface area contributed by atoms with E-state index in [-0.39, 0.29) is 6.16 Å². The van der Waals surface area contributed by atoms with E-state index in [9.17, 15) is 4.57 Å². The Morgan fingerprint density at radius 1 is 1.46 bits per heavy atom. The van der Waals surface area contributed by atoms with E-state index < -0.39 is 7.60 Å². The summed E-state index contributed by atoms with van der Waals surface area (Å²) in [7, 11) is -4.02. The van der Waals surface area contributed by atoms with E-state index >= 15 is 0 Å². The smallest absolute Gasteiger partial charge is 0.329 e. The predicted molar refractivity (Wildman–Crippen MR) is 51.6 cm³/mol. The average molecular weight is 222 g/mol. The maximum absolute atomic E-state index is 10.6. The van der Waals surface area contributed by atoms with Crippen LogP contribution in [0.25, 0.3) is 0 Å². The number of anilines is 1. The summed E-state index contributed by atoms with van der Waals surface area (Å²) in [5.41, 5.74) is 6.30. The molecule has 0 fully saturated rings. The summed E-state index contributed by atoms with van der Waals surface area (Å²) in [5.74, 6) is 0. The molecule has 1 aromatic carbocycles.